The van der Waals surface area contributed by atoms with Gasteiger partial charge in [-0.15, -0.1) is 0 Å². The predicted octanol–water partition coefficient (Wildman–Crippen LogP) is 8.08. The smallest absolute Gasteiger partial charge is 0.269 e. The van der Waals surface area contributed by atoms with Crippen LogP contribution in [0.5, 0.6) is 5.75 Å². The van der Waals surface area contributed by atoms with Gasteiger partial charge in [0.15, 0.2) is 5.11 Å². The van der Waals surface area contributed by atoms with Crippen LogP contribution in [0.15, 0.2) is 107 Å². The van der Waals surface area contributed by atoms with E-state index in [2.05, 4.69) is 21.3 Å². The van der Waals surface area contributed by atoms with E-state index >= 15 is 0 Å². The largest absolute Gasteiger partial charge is 0.506 e. The monoisotopic (exact) mass is 627 g/mol. The number of nitrogens with zero attached hydrogens (tertiary/aromatic N) is 4. The summed E-state index contributed by atoms with van der Waals surface area (Å²) in [6.45, 7) is 4.03. The summed E-state index contributed by atoms with van der Waals surface area (Å²) in [7, 11) is 0. The number of thiocarbonyl (C=S) groups is 1. The van der Waals surface area contributed by atoms with Crippen LogP contribution in [-0.2, 0) is 0 Å². The number of aryl methyl sites for hydroxylation is 1. The maximum Gasteiger partial charge on any atom is 0.269 e. The number of nitrogens with one attached hydrogen (secondary N) is 1. The van der Waals surface area contributed by atoms with Crippen molar-refractivity contribution in [3.05, 3.63) is 135 Å². The zero-order valence-corrected chi connectivity index (χ0v) is 25.5. The molecule has 1 fully saturated rings. The lowest BCUT2D eigenvalue weighted by Gasteiger charge is -2.28. The van der Waals surface area contributed by atoms with Crippen LogP contribution < -0.4 is 10.2 Å². The van der Waals surface area contributed by atoms with Gasteiger partial charge >= 0.3 is 0 Å². The minimum Gasteiger partial charge on any atom is -0.506 e. The average Bonchev–Trinajstić information content (AvgIpc) is 3.50. The zero-order valence-electron chi connectivity index (χ0n) is 23.1. The van der Waals surface area contributed by atoms with Gasteiger partial charge in [-0.3, -0.25) is 15.1 Å². The first-order valence-electron chi connectivity index (χ1n) is 13.4. The number of pyridine rings is 1. The molecule has 5 aromatic rings. The molecule has 3 heterocycles. The molecule has 11 heteroatoms. The van der Waals surface area contributed by atoms with Crippen LogP contribution in [0.3, 0.4) is 0 Å². The van der Waals surface area contributed by atoms with Gasteiger partial charge in [-0.2, -0.15) is 0 Å². The van der Waals surface area contributed by atoms with E-state index in [-0.39, 0.29) is 23.5 Å². The first kappa shape index (κ1) is 28.7. The Labute approximate surface area is 263 Å². The van der Waals surface area contributed by atoms with Crippen molar-refractivity contribution < 1.29 is 10.0 Å². The van der Waals surface area contributed by atoms with Crippen LogP contribution in [0, 0.1) is 24.0 Å². The van der Waals surface area contributed by atoms with E-state index in [0.717, 1.165) is 38.1 Å². The number of hydrogen-bond donors (Lipinski definition) is 2. The van der Waals surface area contributed by atoms with Gasteiger partial charge in [0.1, 0.15) is 5.75 Å². The van der Waals surface area contributed by atoms with Crippen LogP contribution in [-0.4, -0.2) is 24.7 Å². The standard InChI is InChI=1S/C32H26ClN5O3S2/c1-19-17-26(20(2)36(19)28-18-21(33)6-15-29(28)39)31-30(27-5-3-4-16-34-27)35-32(42)37(31)22-7-11-24(12-8-22)43-25-13-9-23(10-14-25)38(40)41/h3-18,30-31,39H,1-2H3,(H,35,42)/t30-,31+/m1/s1. The molecule has 3 aromatic carbocycles. The molecule has 1 aliphatic rings. The van der Waals surface area contributed by atoms with Crippen molar-refractivity contribution in [3.63, 3.8) is 0 Å². The van der Waals surface area contributed by atoms with Crippen LogP contribution in [0.1, 0.15) is 34.7 Å². The molecular formula is C32H26ClN5O3S2. The van der Waals surface area contributed by atoms with E-state index in [0.29, 0.717) is 15.8 Å². The van der Waals surface area contributed by atoms with E-state index in [9.17, 15) is 15.2 Å². The highest BCUT2D eigenvalue weighted by molar-refractivity contribution is 7.99. The second-order valence-corrected chi connectivity index (χ2v) is 12.1. The summed E-state index contributed by atoms with van der Waals surface area (Å²) in [5.74, 6) is 0.136. The fourth-order valence-electron chi connectivity index (χ4n) is 5.53. The minimum atomic E-state index is -0.403. The molecule has 0 saturated carbocycles. The Morgan fingerprint density at radius 3 is 2.35 bits per heavy atom. The Morgan fingerprint density at radius 1 is 1.00 bits per heavy atom. The molecular weight excluding hydrogens is 602 g/mol. The molecule has 0 bridgehead atoms. The molecule has 43 heavy (non-hydrogen) atoms. The maximum atomic E-state index is 11.0. The molecule has 1 saturated heterocycles. The Hall–Kier alpha value is -4.38. The van der Waals surface area contributed by atoms with E-state index in [1.165, 1.54) is 23.9 Å². The Balaban J connectivity index is 1.39. The van der Waals surface area contributed by atoms with Gasteiger partial charge in [-0.1, -0.05) is 29.4 Å². The van der Waals surface area contributed by atoms with Crippen LogP contribution in [0.25, 0.3) is 5.69 Å². The number of aromatic hydroxyl groups is 1. The van der Waals surface area contributed by atoms with Crippen molar-refractivity contribution >= 4 is 52.1 Å². The van der Waals surface area contributed by atoms with Gasteiger partial charge in [-0.25, -0.2) is 0 Å². The first-order valence-corrected chi connectivity index (χ1v) is 15.0. The molecule has 2 aromatic heterocycles. The van der Waals surface area contributed by atoms with Crippen molar-refractivity contribution in [2.45, 2.75) is 35.7 Å². The molecule has 0 aliphatic carbocycles. The van der Waals surface area contributed by atoms with Gasteiger partial charge in [0.25, 0.3) is 5.69 Å². The summed E-state index contributed by atoms with van der Waals surface area (Å²) >= 11 is 13.8. The van der Waals surface area contributed by atoms with Crippen molar-refractivity contribution in [3.8, 4) is 11.4 Å². The molecule has 0 unspecified atom stereocenters. The van der Waals surface area contributed by atoms with Gasteiger partial charge in [0.05, 0.1) is 28.4 Å². The van der Waals surface area contributed by atoms with E-state index in [1.807, 2.05) is 60.9 Å². The fraction of sp³-hybridized carbons (Fsp3) is 0.125. The third-order valence-corrected chi connectivity index (χ3v) is 9.03. The van der Waals surface area contributed by atoms with Crippen molar-refractivity contribution in [1.29, 1.82) is 0 Å². The number of halogens is 1. The molecule has 0 amide bonds. The Kier molecular flexibility index (Phi) is 7.83. The van der Waals surface area contributed by atoms with Crippen molar-refractivity contribution in [2.24, 2.45) is 0 Å². The van der Waals surface area contributed by atoms with Crippen LogP contribution in [0.4, 0.5) is 11.4 Å². The first-order chi connectivity index (χ1) is 20.7. The van der Waals surface area contributed by atoms with E-state index in [1.54, 1.807) is 36.5 Å². The van der Waals surface area contributed by atoms with Gasteiger partial charge in [-0.05, 0) is 104 Å². The fourth-order valence-corrected chi connectivity index (χ4v) is 6.86. The van der Waals surface area contributed by atoms with Crippen LogP contribution >= 0.6 is 35.6 Å². The second-order valence-electron chi connectivity index (χ2n) is 10.1. The van der Waals surface area contributed by atoms with Gasteiger partial charge in [0, 0.05) is 50.2 Å². The summed E-state index contributed by atoms with van der Waals surface area (Å²) in [4.78, 5) is 19.3. The number of nitro benzene ring substituents is 1. The highest BCUT2D eigenvalue weighted by Gasteiger charge is 2.42. The summed E-state index contributed by atoms with van der Waals surface area (Å²) < 4.78 is 2.01. The zero-order chi connectivity index (χ0) is 30.2. The SMILES string of the molecule is Cc1cc([C@H]2[C@@H](c3ccccn3)NC(=S)N2c2ccc(Sc3ccc([N+](=O)[O-])cc3)cc2)c(C)n1-c1cc(Cl)ccc1O. The Morgan fingerprint density at radius 2 is 1.70 bits per heavy atom. The van der Waals surface area contributed by atoms with E-state index < -0.39 is 4.92 Å². The Bertz CT molecular complexity index is 1830. The number of aromatic nitrogens is 2. The summed E-state index contributed by atoms with van der Waals surface area (Å²) in [6.07, 6.45) is 1.78. The number of rotatable bonds is 7. The van der Waals surface area contributed by atoms with E-state index in [4.69, 9.17) is 23.8 Å². The summed E-state index contributed by atoms with van der Waals surface area (Å²) in [6, 6.07) is 27.1. The number of benzene rings is 3. The topological polar surface area (TPSA) is 96.5 Å². The molecule has 2 N–H and O–H groups in total. The third kappa shape index (κ3) is 5.56. The molecule has 1 aliphatic heterocycles. The number of nitro groups is 1. The highest BCUT2D eigenvalue weighted by Crippen LogP contribution is 2.45. The molecule has 0 spiro atoms. The number of non-ortho nitro benzene ring substituents is 1. The van der Waals surface area contributed by atoms with Gasteiger partial charge in [0.2, 0.25) is 0 Å². The molecule has 0 radical (unpaired) electrons. The van der Waals surface area contributed by atoms with Gasteiger partial charge < -0.3 is 19.9 Å². The molecule has 216 valence electrons. The molecule has 6 rings (SSSR count). The molecule has 2 atom stereocenters. The number of anilines is 1. The molecule has 8 nitrogen and oxygen atoms in total. The number of hydrogen-bond acceptors (Lipinski definition) is 6. The maximum absolute atomic E-state index is 11.0. The third-order valence-electron chi connectivity index (χ3n) is 7.46. The normalized spacial score (nSPS) is 16.3. The summed E-state index contributed by atoms with van der Waals surface area (Å²) in [5.41, 5.74) is 5.36. The number of phenols is 1. The van der Waals surface area contributed by atoms with Crippen LogP contribution in [0.2, 0.25) is 5.02 Å². The second kappa shape index (κ2) is 11.7. The lowest BCUT2D eigenvalue weighted by atomic mass is 9.96. The van der Waals surface area contributed by atoms with Crippen molar-refractivity contribution in [2.75, 3.05) is 4.90 Å². The summed E-state index contributed by atoms with van der Waals surface area (Å²) in [5, 5.41) is 26.3. The van der Waals surface area contributed by atoms with Crippen molar-refractivity contribution in [1.82, 2.24) is 14.9 Å². The number of phenolic OH excluding ortho intramolecular Hbond substituents is 1. The quantitative estimate of drug-likeness (QED) is 0.106. The lowest BCUT2D eigenvalue weighted by Crippen LogP contribution is -2.29. The lowest BCUT2D eigenvalue weighted by molar-refractivity contribution is -0.384. The minimum absolute atomic E-state index is 0.0631. The average molecular weight is 628 g/mol. The predicted molar refractivity (Wildman–Crippen MR) is 174 cm³/mol. The highest BCUT2D eigenvalue weighted by atomic mass is 35.5.